The van der Waals surface area contributed by atoms with Gasteiger partial charge in [-0.05, 0) is 25.2 Å². The summed E-state index contributed by atoms with van der Waals surface area (Å²) < 4.78 is 5.27. The van der Waals surface area contributed by atoms with Crippen LogP contribution >= 0.6 is 11.6 Å². The molecule has 0 bridgehead atoms. The molecule has 1 atom stereocenters. The maximum atomic E-state index is 6.10. The van der Waals surface area contributed by atoms with E-state index in [4.69, 9.17) is 16.3 Å². The van der Waals surface area contributed by atoms with Gasteiger partial charge in [-0.15, -0.1) is 0 Å². The Balaban J connectivity index is 2.11. The van der Waals surface area contributed by atoms with Gasteiger partial charge in [0, 0.05) is 32.7 Å². The van der Waals surface area contributed by atoms with Gasteiger partial charge in [0.1, 0.15) is 16.8 Å². The summed E-state index contributed by atoms with van der Waals surface area (Å²) >= 11 is 6.10. The number of rotatable bonds is 5. The fourth-order valence-corrected chi connectivity index (χ4v) is 2.79. The van der Waals surface area contributed by atoms with Crippen molar-refractivity contribution in [2.75, 3.05) is 31.7 Å². The van der Waals surface area contributed by atoms with Crippen LogP contribution in [-0.2, 0) is 11.2 Å². The molecule has 1 aromatic rings. The molecule has 106 valence electrons. The lowest BCUT2D eigenvalue weighted by Crippen LogP contribution is -2.37. The van der Waals surface area contributed by atoms with Crippen molar-refractivity contribution in [3.8, 4) is 0 Å². The molecule has 5 heteroatoms. The zero-order valence-corrected chi connectivity index (χ0v) is 12.5. The number of piperidine rings is 1. The number of aryl methyl sites for hydroxylation is 1. The highest BCUT2D eigenvalue weighted by molar-refractivity contribution is 6.29. The summed E-state index contributed by atoms with van der Waals surface area (Å²) in [7, 11) is 1.76. The smallest absolute Gasteiger partial charge is 0.134 e. The van der Waals surface area contributed by atoms with Gasteiger partial charge in [-0.1, -0.05) is 18.5 Å². The average molecular weight is 284 g/mol. The van der Waals surface area contributed by atoms with Gasteiger partial charge in [-0.25, -0.2) is 9.97 Å². The van der Waals surface area contributed by atoms with Crippen LogP contribution in [0.2, 0.25) is 5.15 Å². The topological polar surface area (TPSA) is 38.2 Å². The molecule has 1 aliphatic heterocycles. The SMILES string of the molecule is CCCc1nc(Cl)cc(N2CCCC(COC)C2)n1. The molecule has 0 aliphatic carbocycles. The number of anilines is 1. The molecule has 2 rings (SSSR count). The fraction of sp³-hybridized carbons (Fsp3) is 0.714. The lowest BCUT2D eigenvalue weighted by molar-refractivity contribution is 0.143. The van der Waals surface area contributed by atoms with E-state index in [0.29, 0.717) is 11.1 Å². The van der Waals surface area contributed by atoms with Crippen LogP contribution in [0.5, 0.6) is 0 Å². The normalized spacial score (nSPS) is 19.7. The second-order valence-corrected chi connectivity index (χ2v) is 5.51. The highest BCUT2D eigenvalue weighted by atomic mass is 35.5. The molecular formula is C14H22ClN3O. The summed E-state index contributed by atoms with van der Waals surface area (Å²) in [5, 5.41) is 0.544. The maximum Gasteiger partial charge on any atom is 0.134 e. The summed E-state index contributed by atoms with van der Waals surface area (Å²) in [6.07, 6.45) is 4.32. The minimum atomic E-state index is 0.544. The Labute approximate surface area is 120 Å². The van der Waals surface area contributed by atoms with Gasteiger partial charge in [-0.2, -0.15) is 0 Å². The zero-order valence-electron chi connectivity index (χ0n) is 11.7. The van der Waals surface area contributed by atoms with Gasteiger partial charge in [0.15, 0.2) is 0 Å². The van der Waals surface area contributed by atoms with Crippen molar-refractivity contribution in [1.29, 1.82) is 0 Å². The second kappa shape index (κ2) is 7.06. The molecular weight excluding hydrogens is 262 g/mol. The minimum absolute atomic E-state index is 0.544. The third kappa shape index (κ3) is 4.05. The Hall–Kier alpha value is -0.870. The first kappa shape index (κ1) is 14.5. The molecule has 1 saturated heterocycles. The van der Waals surface area contributed by atoms with E-state index in [1.54, 1.807) is 7.11 Å². The molecule has 2 heterocycles. The van der Waals surface area contributed by atoms with Crippen molar-refractivity contribution in [2.24, 2.45) is 5.92 Å². The first-order chi connectivity index (χ1) is 9.22. The highest BCUT2D eigenvalue weighted by Crippen LogP contribution is 2.23. The molecule has 1 unspecified atom stereocenters. The van der Waals surface area contributed by atoms with Crippen LogP contribution in [0.3, 0.4) is 0 Å². The van der Waals surface area contributed by atoms with Crippen molar-refractivity contribution in [2.45, 2.75) is 32.6 Å². The predicted octanol–water partition coefficient (Wildman–Crippen LogP) is 2.95. The van der Waals surface area contributed by atoms with E-state index in [-0.39, 0.29) is 0 Å². The van der Waals surface area contributed by atoms with E-state index < -0.39 is 0 Å². The van der Waals surface area contributed by atoms with Crippen LogP contribution in [0, 0.1) is 5.92 Å². The molecule has 1 aromatic heterocycles. The lowest BCUT2D eigenvalue weighted by atomic mass is 9.99. The molecule has 1 fully saturated rings. The Morgan fingerprint density at radius 1 is 1.47 bits per heavy atom. The van der Waals surface area contributed by atoms with Gasteiger partial charge >= 0.3 is 0 Å². The van der Waals surface area contributed by atoms with Gasteiger partial charge < -0.3 is 9.64 Å². The highest BCUT2D eigenvalue weighted by Gasteiger charge is 2.21. The zero-order chi connectivity index (χ0) is 13.7. The van der Waals surface area contributed by atoms with E-state index in [1.165, 1.54) is 12.8 Å². The van der Waals surface area contributed by atoms with E-state index in [0.717, 1.165) is 44.2 Å². The first-order valence-electron chi connectivity index (χ1n) is 7.00. The Morgan fingerprint density at radius 3 is 3.05 bits per heavy atom. The third-order valence-electron chi connectivity index (χ3n) is 3.45. The standard InChI is InChI=1S/C14H22ClN3O/c1-3-5-13-16-12(15)8-14(17-13)18-7-4-6-11(9-18)10-19-2/h8,11H,3-7,9-10H2,1-2H3. The monoisotopic (exact) mass is 283 g/mol. The molecule has 0 aromatic carbocycles. The number of hydrogen-bond donors (Lipinski definition) is 0. The molecule has 0 saturated carbocycles. The van der Waals surface area contributed by atoms with Crippen LogP contribution in [0.25, 0.3) is 0 Å². The minimum Gasteiger partial charge on any atom is -0.384 e. The molecule has 0 spiro atoms. The van der Waals surface area contributed by atoms with Crippen molar-refractivity contribution < 1.29 is 4.74 Å². The lowest BCUT2D eigenvalue weighted by Gasteiger charge is -2.33. The van der Waals surface area contributed by atoms with Crippen molar-refractivity contribution in [3.05, 3.63) is 17.0 Å². The van der Waals surface area contributed by atoms with Gasteiger partial charge in [0.2, 0.25) is 0 Å². The second-order valence-electron chi connectivity index (χ2n) is 5.12. The number of methoxy groups -OCH3 is 1. The Morgan fingerprint density at radius 2 is 2.32 bits per heavy atom. The Bertz CT molecular complexity index is 412. The molecule has 1 aliphatic rings. The van der Waals surface area contributed by atoms with E-state index in [2.05, 4.69) is 21.8 Å². The fourth-order valence-electron chi connectivity index (χ4n) is 2.59. The summed E-state index contributed by atoms with van der Waals surface area (Å²) in [6, 6.07) is 1.87. The summed E-state index contributed by atoms with van der Waals surface area (Å²) in [5.74, 6) is 2.39. The van der Waals surface area contributed by atoms with E-state index in [9.17, 15) is 0 Å². The molecule has 0 radical (unpaired) electrons. The summed E-state index contributed by atoms with van der Waals surface area (Å²) in [5.41, 5.74) is 0. The molecule has 0 amide bonds. The summed E-state index contributed by atoms with van der Waals surface area (Å²) in [6.45, 7) is 4.97. The van der Waals surface area contributed by atoms with Gasteiger partial charge in [-0.3, -0.25) is 0 Å². The van der Waals surface area contributed by atoms with Crippen molar-refractivity contribution in [3.63, 3.8) is 0 Å². The van der Waals surface area contributed by atoms with Crippen LogP contribution < -0.4 is 4.90 Å². The Kier molecular flexibility index (Phi) is 5.40. The predicted molar refractivity (Wildman–Crippen MR) is 77.9 cm³/mol. The number of halogens is 1. The van der Waals surface area contributed by atoms with Crippen LogP contribution in [0.15, 0.2) is 6.07 Å². The van der Waals surface area contributed by atoms with E-state index >= 15 is 0 Å². The number of nitrogens with zero attached hydrogens (tertiary/aromatic N) is 3. The van der Waals surface area contributed by atoms with Crippen LogP contribution in [0.4, 0.5) is 5.82 Å². The molecule has 19 heavy (non-hydrogen) atoms. The first-order valence-corrected chi connectivity index (χ1v) is 7.38. The number of ether oxygens (including phenoxy) is 1. The molecule has 0 N–H and O–H groups in total. The van der Waals surface area contributed by atoms with Gasteiger partial charge in [0.05, 0.1) is 6.61 Å². The molecule has 4 nitrogen and oxygen atoms in total. The van der Waals surface area contributed by atoms with E-state index in [1.807, 2.05) is 6.07 Å². The van der Waals surface area contributed by atoms with Crippen LogP contribution in [-0.4, -0.2) is 36.8 Å². The summed E-state index contributed by atoms with van der Waals surface area (Å²) in [4.78, 5) is 11.2. The number of hydrogen-bond acceptors (Lipinski definition) is 4. The quantitative estimate of drug-likeness (QED) is 0.779. The third-order valence-corrected chi connectivity index (χ3v) is 3.64. The van der Waals surface area contributed by atoms with Crippen LogP contribution in [0.1, 0.15) is 32.0 Å². The average Bonchev–Trinajstić information content (AvgIpc) is 2.39. The number of aromatic nitrogens is 2. The van der Waals surface area contributed by atoms with Crippen molar-refractivity contribution in [1.82, 2.24) is 9.97 Å². The largest absolute Gasteiger partial charge is 0.384 e. The maximum absolute atomic E-state index is 6.10. The van der Waals surface area contributed by atoms with Crippen molar-refractivity contribution >= 4 is 17.4 Å². The van der Waals surface area contributed by atoms with Gasteiger partial charge in [0.25, 0.3) is 0 Å².